The number of aromatic nitrogens is 1. The first-order valence-electron chi connectivity index (χ1n) is 11.8. The van der Waals surface area contributed by atoms with Crippen LogP contribution in [0.1, 0.15) is 42.6 Å². The van der Waals surface area contributed by atoms with Gasteiger partial charge in [-0.1, -0.05) is 26.3 Å². The largest absolute Gasteiger partial charge is 0.494 e. The van der Waals surface area contributed by atoms with E-state index in [9.17, 15) is 9.59 Å². The van der Waals surface area contributed by atoms with Gasteiger partial charge in [-0.2, -0.15) is 0 Å². The van der Waals surface area contributed by atoms with E-state index in [-0.39, 0.29) is 18.4 Å². The number of nitrogens with one attached hydrogen (secondary N) is 2. The molecule has 0 saturated carbocycles. The molecular weight excluding hydrogens is 418 g/mol. The molecule has 178 valence electrons. The molecule has 0 spiro atoms. The van der Waals surface area contributed by atoms with Gasteiger partial charge in [0.2, 0.25) is 5.91 Å². The Kier molecular flexibility index (Phi) is 9.50. The monoisotopic (exact) mass is 453 g/mol. The fraction of sp³-hybridized carbons (Fsp3) is 0.480. The Morgan fingerprint density at radius 3 is 2.39 bits per heavy atom. The molecule has 0 atom stereocenters. The van der Waals surface area contributed by atoms with Crippen LogP contribution in [0.2, 0.25) is 0 Å². The lowest BCUT2D eigenvalue weighted by molar-refractivity contribution is -0.120. The Labute approximate surface area is 196 Å². The van der Waals surface area contributed by atoms with Crippen molar-refractivity contribution in [3.63, 3.8) is 0 Å². The molecular formula is C25H35N5O3. The van der Waals surface area contributed by atoms with Gasteiger partial charge in [0.05, 0.1) is 13.2 Å². The zero-order chi connectivity index (χ0) is 23.5. The number of likely N-dealkylation sites (N-methyl/N-ethyl adjacent to an activating group) is 1. The highest BCUT2D eigenvalue weighted by Gasteiger charge is 2.16. The van der Waals surface area contributed by atoms with E-state index in [0.717, 1.165) is 62.7 Å². The minimum Gasteiger partial charge on any atom is -0.494 e. The predicted octanol–water partition coefficient (Wildman–Crippen LogP) is 2.45. The molecule has 0 unspecified atom stereocenters. The van der Waals surface area contributed by atoms with E-state index in [1.807, 2.05) is 12.1 Å². The van der Waals surface area contributed by atoms with E-state index in [4.69, 9.17) is 4.74 Å². The van der Waals surface area contributed by atoms with Crippen LogP contribution in [0.15, 0.2) is 42.6 Å². The topological polar surface area (TPSA) is 86.8 Å². The maximum Gasteiger partial charge on any atom is 0.251 e. The maximum absolute atomic E-state index is 12.3. The van der Waals surface area contributed by atoms with Crippen LogP contribution < -0.4 is 20.3 Å². The molecule has 33 heavy (non-hydrogen) atoms. The fourth-order valence-electron chi connectivity index (χ4n) is 3.56. The molecule has 2 N–H and O–H groups in total. The maximum atomic E-state index is 12.3. The second kappa shape index (κ2) is 12.8. The number of ether oxygens (including phenoxy) is 1. The first-order chi connectivity index (χ1) is 16.1. The van der Waals surface area contributed by atoms with Crippen molar-refractivity contribution in [1.29, 1.82) is 0 Å². The standard InChI is InChI=1S/C25H35N5O3/c1-3-5-16-33-22-9-7-21(8-10-22)25(32)28-19-24(31)27-18-20-6-11-23(26-17-20)30-14-12-29(4-2)13-15-30/h6-11,17H,3-5,12-16,18-19H2,1-2H3,(H,27,31)(H,28,32). The molecule has 0 aliphatic carbocycles. The van der Waals surface area contributed by atoms with Gasteiger partial charge >= 0.3 is 0 Å². The number of amides is 2. The van der Waals surface area contributed by atoms with Crippen LogP contribution in [-0.4, -0.2) is 67.6 Å². The number of benzene rings is 1. The second-order valence-corrected chi connectivity index (χ2v) is 8.13. The van der Waals surface area contributed by atoms with Gasteiger partial charge in [-0.05, 0) is 48.9 Å². The summed E-state index contributed by atoms with van der Waals surface area (Å²) in [6, 6.07) is 10.9. The minimum absolute atomic E-state index is 0.0825. The molecule has 0 bridgehead atoms. The summed E-state index contributed by atoms with van der Waals surface area (Å²) in [6.07, 6.45) is 3.86. The zero-order valence-electron chi connectivity index (χ0n) is 19.7. The number of hydrogen-bond donors (Lipinski definition) is 2. The number of hydrogen-bond acceptors (Lipinski definition) is 6. The molecule has 2 heterocycles. The van der Waals surface area contributed by atoms with Gasteiger partial charge in [0.25, 0.3) is 5.91 Å². The zero-order valence-corrected chi connectivity index (χ0v) is 19.7. The van der Waals surface area contributed by atoms with E-state index >= 15 is 0 Å². The van der Waals surface area contributed by atoms with Gasteiger partial charge in [0.1, 0.15) is 11.6 Å². The molecule has 2 aromatic rings. The predicted molar refractivity (Wildman–Crippen MR) is 130 cm³/mol. The first kappa shape index (κ1) is 24.5. The van der Waals surface area contributed by atoms with Gasteiger partial charge in [-0.3, -0.25) is 9.59 Å². The molecule has 8 heteroatoms. The lowest BCUT2D eigenvalue weighted by Gasteiger charge is -2.34. The number of nitrogens with zero attached hydrogens (tertiary/aromatic N) is 3. The van der Waals surface area contributed by atoms with Gasteiger partial charge in [0.15, 0.2) is 0 Å². The average molecular weight is 454 g/mol. The second-order valence-electron chi connectivity index (χ2n) is 8.13. The number of pyridine rings is 1. The SMILES string of the molecule is CCCCOc1ccc(C(=O)NCC(=O)NCc2ccc(N3CCN(CC)CC3)nc2)cc1. The van der Waals surface area contributed by atoms with Crippen LogP contribution in [0.4, 0.5) is 5.82 Å². The number of anilines is 1. The van der Waals surface area contributed by atoms with Gasteiger partial charge < -0.3 is 25.2 Å². The summed E-state index contributed by atoms with van der Waals surface area (Å²) in [5.74, 6) is 1.16. The molecule has 1 fully saturated rings. The minimum atomic E-state index is -0.292. The lowest BCUT2D eigenvalue weighted by atomic mass is 10.2. The smallest absolute Gasteiger partial charge is 0.251 e. The number of carbonyl (C=O) groups excluding carboxylic acids is 2. The van der Waals surface area contributed by atoms with E-state index in [2.05, 4.69) is 39.3 Å². The Hall–Kier alpha value is -3.13. The third kappa shape index (κ3) is 7.75. The summed E-state index contributed by atoms with van der Waals surface area (Å²) in [6.45, 7) is 10.4. The van der Waals surface area contributed by atoms with E-state index in [0.29, 0.717) is 18.7 Å². The molecule has 1 aliphatic rings. The van der Waals surface area contributed by atoms with E-state index in [1.54, 1.807) is 30.5 Å². The van der Waals surface area contributed by atoms with Crippen LogP contribution in [0.5, 0.6) is 5.75 Å². The van der Waals surface area contributed by atoms with Crippen molar-refractivity contribution in [1.82, 2.24) is 20.5 Å². The van der Waals surface area contributed by atoms with Gasteiger partial charge in [-0.15, -0.1) is 0 Å². The van der Waals surface area contributed by atoms with Gasteiger partial charge in [0, 0.05) is 44.5 Å². The van der Waals surface area contributed by atoms with Crippen LogP contribution >= 0.6 is 0 Å². The Balaban J connectivity index is 1.37. The molecule has 0 radical (unpaired) electrons. The van der Waals surface area contributed by atoms with Crippen LogP contribution in [0, 0.1) is 0 Å². The van der Waals surface area contributed by atoms with Crippen LogP contribution in [0.3, 0.4) is 0 Å². The number of unbranched alkanes of at least 4 members (excludes halogenated alkanes) is 1. The van der Waals surface area contributed by atoms with Crippen molar-refractivity contribution in [2.24, 2.45) is 0 Å². The van der Waals surface area contributed by atoms with Crippen molar-refractivity contribution < 1.29 is 14.3 Å². The first-order valence-corrected chi connectivity index (χ1v) is 11.8. The third-order valence-corrected chi connectivity index (χ3v) is 5.73. The van der Waals surface area contributed by atoms with Crippen molar-refractivity contribution in [2.75, 3.05) is 50.8 Å². The molecule has 3 rings (SSSR count). The Morgan fingerprint density at radius 1 is 1.00 bits per heavy atom. The molecule has 1 aromatic heterocycles. The number of piperazine rings is 1. The molecule has 1 saturated heterocycles. The van der Waals surface area contributed by atoms with Crippen molar-refractivity contribution in [3.05, 3.63) is 53.7 Å². The van der Waals surface area contributed by atoms with Crippen LogP contribution in [0.25, 0.3) is 0 Å². The Bertz CT molecular complexity index is 878. The van der Waals surface area contributed by atoms with E-state index < -0.39 is 0 Å². The van der Waals surface area contributed by atoms with Crippen molar-refractivity contribution in [2.45, 2.75) is 33.2 Å². The van der Waals surface area contributed by atoms with Crippen molar-refractivity contribution >= 4 is 17.6 Å². The van der Waals surface area contributed by atoms with Crippen LogP contribution in [-0.2, 0) is 11.3 Å². The summed E-state index contributed by atoms with van der Waals surface area (Å²) in [5, 5.41) is 5.47. The summed E-state index contributed by atoms with van der Waals surface area (Å²) >= 11 is 0. The van der Waals surface area contributed by atoms with E-state index in [1.165, 1.54) is 0 Å². The highest BCUT2D eigenvalue weighted by atomic mass is 16.5. The lowest BCUT2D eigenvalue weighted by Crippen LogP contribution is -2.46. The Morgan fingerprint density at radius 2 is 1.76 bits per heavy atom. The summed E-state index contributed by atoms with van der Waals surface area (Å²) in [4.78, 5) is 33.7. The van der Waals surface area contributed by atoms with Gasteiger partial charge in [-0.25, -0.2) is 4.98 Å². The quantitative estimate of drug-likeness (QED) is 0.509. The number of carbonyl (C=O) groups is 2. The summed E-state index contributed by atoms with van der Waals surface area (Å²) in [7, 11) is 0. The third-order valence-electron chi connectivity index (χ3n) is 5.73. The average Bonchev–Trinajstić information content (AvgIpc) is 2.87. The molecule has 2 amide bonds. The highest BCUT2D eigenvalue weighted by molar-refractivity contribution is 5.96. The number of rotatable bonds is 11. The molecule has 1 aliphatic heterocycles. The fourth-order valence-corrected chi connectivity index (χ4v) is 3.56. The normalized spacial score (nSPS) is 14.1. The molecule has 1 aromatic carbocycles. The highest BCUT2D eigenvalue weighted by Crippen LogP contribution is 2.14. The summed E-state index contributed by atoms with van der Waals surface area (Å²) in [5.41, 5.74) is 1.41. The summed E-state index contributed by atoms with van der Waals surface area (Å²) < 4.78 is 5.60. The molecule has 8 nitrogen and oxygen atoms in total. The van der Waals surface area contributed by atoms with Crippen molar-refractivity contribution in [3.8, 4) is 5.75 Å².